The lowest BCUT2D eigenvalue weighted by atomic mass is 9.73. The molecule has 3 aromatic rings. The smallest absolute Gasteiger partial charge is 0.0233 e. The molecular formula is C24H25N. The summed E-state index contributed by atoms with van der Waals surface area (Å²) in [5, 5.41) is 0. The largest absolute Gasteiger partial charge is 0.302 e. The van der Waals surface area contributed by atoms with Crippen molar-refractivity contribution >= 4 is 0 Å². The molecule has 0 aromatic heterocycles. The average Bonchev–Trinajstić information content (AvgIpc) is 2.66. The van der Waals surface area contributed by atoms with Gasteiger partial charge in [0, 0.05) is 12.5 Å². The van der Waals surface area contributed by atoms with Gasteiger partial charge < -0.3 is 4.90 Å². The number of hydrogen-bond acceptors (Lipinski definition) is 1. The van der Waals surface area contributed by atoms with E-state index < -0.39 is 0 Å². The Morgan fingerprint density at radius 2 is 1.32 bits per heavy atom. The molecule has 0 bridgehead atoms. The molecule has 0 N–H and O–H groups in total. The topological polar surface area (TPSA) is 3.24 Å². The van der Waals surface area contributed by atoms with Crippen molar-refractivity contribution in [1.29, 1.82) is 0 Å². The summed E-state index contributed by atoms with van der Waals surface area (Å²) in [5.41, 5.74) is 5.81. The molecule has 0 amide bonds. The van der Waals surface area contributed by atoms with Gasteiger partial charge >= 0.3 is 0 Å². The predicted molar refractivity (Wildman–Crippen MR) is 105 cm³/mol. The highest BCUT2D eigenvalue weighted by atomic mass is 15.1. The van der Waals surface area contributed by atoms with Crippen molar-refractivity contribution in [3.8, 4) is 0 Å². The van der Waals surface area contributed by atoms with Crippen LogP contribution in [-0.4, -0.2) is 18.5 Å². The third-order valence-electron chi connectivity index (χ3n) is 5.44. The Hall–Kier alpha value is -2.38. The first-order valence-corrected chi connectivity index (χ1v) is 9.19. The van der Waals surface area contributed by atoms with Crippen molar-refractivity contribution in [3.63, 3.8) is 0 Å². The second kappa shape index (κ2) is 7.25. The quantitative estimate of drug-likeness (QED) is 0.606. The Morgan fingerprint density at radius 1 is 0.720 bits per heavy atom. The van der Waals surface area contributed by atoms with Gasteiger partial charge in [-0.25, -0.2) is 0 Å². The lowest BCUT2D eigenvalue weighted by molar-refractivity contribution is 0.294. The zero-order valence-electron chi connectivity index (χ0n) is 14.8. The first-order chi connectivity index (χ1) is 12.3. The second-order valence-electron chi connectivity index (χ2n) is 7.13. The zero-order chi connectivity index (χ0) is 17.1. The number of nitrogens with zero attached hydrogens (tertiary/aromatic N) is 1. The fraction of sp³-hybridized carbons (Fsp3) is 0.250. The molecule has 126 valence electrons. The molecule has 1 nitrogen and oxygen atoms in total. The van der Waals surface area contributed by atoms with Crippen LogP contribution in [0.4, 0.5) is 0 Å². The van der Waals surface area contributed by atoms with E-state index in [1.54, 1.807) is 0 Å². The van der Waals surface area contributed by atoms with E-state index in [-0.39, 0.29) is 0 Å². The Morgan fingerprint density at radius 3 is 2.04 bits per heavy atom. The van der Waals surface area contributed by atoms with Crippen LogP contribution in [0, 0.1) is 0 Å². The van der Waals surface area contributed by atoms with E-state index in [1.807, 2.05) is 0 Å². The first-order valence-electron chi connectivity index (χ1n) is 9.19. The Bertz CT molecular complexity index is 810. The summed E-state index contributed by atoms with van der Waals surface area (Å²) in [7, 11) is 2.24. The second-order valence-corrected chi connectivity index (χ2v) is 7.13. The first kappa shape index (κ1) is 16.1. The van der Waals surface area contributed by atoms with E-state index in [0.717, 1.165) is 13.1 Å². The molecule has 0 spiro atoms. The highest BCUT2D eigenvalue weighted by Crippen LogP contribution is 2.43. The molecule has 0 fully saturated rings. The number of fused-ring (bicyclic) bond motifs is 1. The molecule has 1 aliphatic rings. The summed E-state index contributed by atoms with van der Waals surface area (Å²) in [6, 6.07) is 31.1. The van der Waals surface area contributed by atoms with Gasteiger partial charge in [-0.3, -0.25) is 0 Å². The molecule has 0 saturated heterocycles. The van der Waals surface area contributed by atoms with Crippen LogP contribution >= 0.6 is 0 Å². The van der Waals surface area contributed by atoms with Gasteiger partial charge in [-0.2, -0.15) is 0 Å². The molecule has 3 aromatic carbocycles. The summed E-state index contributed by atoms with van der Waals surface area (Å²) < 4.78 is 0. The highest BCUT2D eigenvalue weighted by Gasteiger charge is 2.30. The molecule has 0 aliphatic carbocycles. The van der Waals surface area contributed by atoms with Gasteiger partial charge in [0.25, 0.3) is 0 Å². The Kier molecular flexibility index (Phi) is 4.67. The maximum Gasteiger partial charge on any atom is 0.0233 e. The van der Waals surface area contributed by atoms with Crippen molar-refractivity contribution in [2.75, 3.05) is 13.6 Å². The maximum absolute atomic E-state index is 2.45. The average molecular weight is 327 g/mol. The molecule has 1 heterocycles. The molecule has 0 saturated carbocycles. The molecule has 0 unspecified atom stereocenters. The predicted octanol–water partition coefficient (Wildman–Crippen LogP) is 5.44. The molecule has 0 radical (unpaired) electrons. The van der Waals surface area contributed by atoms with E-state index in [1.165, 1.54) is 28.7 Å². The van der Waals surface area contributed by atoms with Crippen LogP contribution in [-0.2, 0) is 6.54 Å². The summed E-state index contributed by atoms with van der Waals surface area (Å²) in [6.07, 6.45) is 1.18. The molecule has 1 aliphatic heterocycles. The van der Waals surface area contributed by atoms with E-state index in [9.17, 15) is 0 Å². The van der Waals surface area contributed by atoms with Gasteiger partial charge in [0.15, 0.2) is 0 Å². The third-order valence-corrected chi connectivity index (χ3v) is 5.44. The lowest BCUT2D eigenvalue weighted by Gasteiger charge is -2.35. The fourth-order valence-electron chi connectivity index (χ4n) is 4.23. The Balaban J connectivity index is 1.89. The SMILES string of the molecule is CN1CC[C@@H](c2ccccc2)[C@H](c2ccccc2)c2ccccc2C1. The van der Waals surface area contributed by atoms with Crippen molar-refractivity contribution < 1.29 is 0 Å². The lowest BCUT2D eigenvalue weighted by Crippen LogP contribution is -2.27. The van der Waals surface area contributed by atoms with E-state index in [4.69, 9.17) is 0 Å². The maximum atomic E-state index is 2.45. The van der Waals surface area contributed by atoms with Crippen molar-refractivity contribution in [2.24, 2.45) is 0 Å². The minimum absolute atomic E-state index is 0.411. The summed E-state index contributed by atoms with van der Waals surface area (Å²) in [4.78, 5) is 2.45. The minimum atomic E-state index is 0.411. The number of hydrogen-bond donors (Lipinski definition) is 0. The monoisotopic (exact) mass is 327 g/mol. The van der Waals surface area contributed by atoms with Crippen LogP contribution in [0.2, 0.25) is 0 Å². The fourth-order valence-corrected chi connectivity index (χ4v) is 4.23. The van der Waals surface area contributed by atoms with Crippen molar-refractivity contribution in [3.05, 3.63) is 107 Å². The summed E-state index contributed by atoms with van der Waals surface area (Å²) >= 11 is 0. The van der Waals surface area contributed by atoms with Crippen LogP contribution in [0.3, 0.4) is 0 Å². The van der Waals surface area contributed by atoms with Gasteiger partial charge in [0.05, 0.1) is 0 Å². The van der Waals surface area contributed by atoms with Crippen LogP contribution in [0.5, 0.6) is 0 Å². The normalized spacial score (nSPS) is 21.2. The summed E-state index contributed by atoms with van der Waals surface area (Å²) in [6.45, 7) is 2.15. The standard InChI is InChI=1S/C24H25N/c1-25-17-16-23(19-10-4-2-5-11-19)24(20-12-6-3-7-13-20)22-15-9-8-14-21(22)18-25/h2-15,23-24H,16-18H2,1H3/t23-,24+/m0/s1. The summed E-state index contributed by atoms with van der Waals surface area (Å²) in [5.74, 6) is 0.904. The van der Waals surface area contributed by atoms with Crippen LogP contribution in [0.25, 0.3) is 0 Å². The van der Waals surface area contributed by atoms with Crippen molar-refractivity contribution in [1.82, 2.24) is 4.90 Å². The minimum Gasteiger partial charge on any atom is -0.302 e. The molecule has 4 rings (SSSR count). The van der Waals surface area contributed by atoms with E-state index in [2.05, 4.69) is 96.9 Å². The highest BCUT2D eigenvalue weighted by molar-refractivity contribution is 5.42. The van der Waals surface area contributed by atoms with Crippen LogP contribution in [0.15, 0.2) is 84.9 Å². The molecule has 2 atom stereocenters. The molecule has 1 heteroatoms. The van der Waals surface area contributed by atoms with Crippen LogP contribution < -0.4 is 0 Å². The molecular weight excluding hydrogens is 302 g/mol. The third kappa shape index (κ3) is 3.38. The van der Waals surface area contributed by atoms with Gasteiger partial charge in [-0.1, -0.05) is 84.9 Å². The van der Waals surface area contributed by atoms with Crippen molar-refractivity contribution in [2.45, 2.75) is 24.8 Å². The van der Waals surface area contributed by atoms with E-state index >= 15 is 0 Å². The molecule has 25 heavy (non-hydrogen) atoms. The van der Waals surface area contributed by atoms with Gasteiger partial charge in [0.1, 0.15) is 0 Å². The van der Waals surface area contributed by atoms with E-state index in [0.29, 0.717) is 11.8 Å². The van der Waals surface area contributed by atoms with Gasteiger partial charge in [-0.15, -0.1) is 0 Å². The number of benzene rings is 3. The van der Waals surface area contributed by atoms with Gasteiger partial charge in [-0.05, 0) is 48.2 Å². The zero-order valence-corrected chi connectivity index (χ0v) is 14.8. The van der Waals surface area contributed by atoms with Crippen LogP contribution in [0.1, 0.15) is 40.5 Å². The Labute approximate surface area is 150 Å². The number of rotatable bonds is 2. The van der Waals surface area contributed by atoms with Gasteiger partial charge in [0.2, 0.25) is 0 Å².